The van der Waals surface area contributed by atoms with Crippen LogP contribution in [0.25, 0.3) is 0 Å². The molecule has 0 rings (SSSR count). The van der Waals surface area contributed by atoms with E-state index in [4.69, 9.17) is 4.74 Å². The van der Waals surface area contributed by atoms with Crippen molar-refractivity contribution in [2.45, 2.75) is 456 Å². The van der Waals surface area contributed by atoms with Gasteiger partial charge in [0.25, 0.3) is 0 Å². The number of nitrogens with one attached hydrogen (secondary N) is 1. The first-order valence-electron chi connectivity index (χ1n) is 39.1. The van der Waals surface area contributed by atoms with Gasteiger partial charge in [-0.05, 0) is 57.8 Å². The summed E-state index contributed by atoms with van der Waals surface area (Å²) in [6, 6.07) is -0.541. The Balaban J connectivity index is 3.37. The van der Waals surface area contributed by atoms with Crippen molar-refractivity contribution >= 4 is 11.9 Å². The zero-order chi connectivity index (χ0) is 61.3. The van der Waals surface area contributed by atoms with Crippen molar-refractivity contribution in [3.05, 3.63) is 24.3 Å². The summed E-state index contributed by atoms with van der Waals surface area (Å²) in [5, 5.41) is 23.4. The highest BCUT2D eigenvalue weighted by atomic mass is 16.5. The fraction of sp³-hybridized carbons (Fsp3) is 0.924. The first-order chi connectivity index (χ1) is 42.0. The molecule has 504 valence electrons. The smallest absolute Gasteiger partial charge is 0.305 e. The summed E-state index contributed by atoms with van der Waals surface area (Å²) >= 11 is 0. The number of allylic oxidation sites excluding steroid dienone is 4. The molecule has 0 aromatic heterocycles. The van der Waals surface area contributed by atoms with Gasteiger partial charge >= 0.3 is 5.97 Å². The van der Waals surface area contributed by atoms with E-state index in [9.17, 15) is 19.8 Å². The van der Waals surface area contributed by atoms with Crippen molar-refractivity contribution in [3.8, 4) is 0 Å². The van der Waals surface area contributed by atoms with Gasteiger partial charge < -0.3 is 20.3 Å². The molecule has 0 aromatic carbocycles. The average molecular weight is 1200 g/mol. The number of carbonyl (C=O) groups is 2. The van der Waals surface area contributed by atoms with Crippen molar-refractivity contribution in [1.29, 1.82) is 0 Å². The lowest BCUT2D eigenvalue weighted by molar-refractivity contribution is -0.143. The zero-order valence-electron chi connectivity index (χ0n) is 57.9. The summed E-state index contributed by atoms with van der Waals surface area (Å²) in [5.41, 5.74) is 0. The molecule has 0 saturated heterocycles. The molecular formula is C79H153NO5. The van der Waals surface area contributed by atoms with Gasteiger partial charge in [0.2, 0.25) is 5.91 Å². The third-order valence-electron chi connectivity index (χ3n) is 18.5. The standard InChI is InChI=1S/C79H153NO5/c1-3-5-7-9-11-13-15-17-19-21-36-41-45-49-53-57-61-65-69-73-79(84)85-74-70-66-62-58-54-50-46-42-38-35-33-31-29-27-25-23-24-26-28-30-32-34-37-40-44-48-52-56-60-64-68-72-78(83)80-76(75-81)77(82)71-67-63-59-55-51-47-43-39-22-20-18-16-14-12-10-8-6-4-2/h25,27,31,33,76-77,81-82H,3-24,26,28-30,32,34-75H2,1-2H3,(H,80,83)/b27-25-,33-31-. The third kappa shape index (κ3) is 71.3. The highest BCUT2D eigenvalue weighted by Gasteiger charge is 2.20. The van der Waals surface area contributed by atoms with Crippen molar-refractivity contribution in [3.63, 3.8) is 0 Å². The molecule has 0 heterocycles. The Labute approximate surface area is 532 Å². The Morgan fingerprint density at radius 3 is 0.894 bits per heavy atom. The van der Waals surface area contributed by atoms with Crippen LogP contribution in [0.2, 0.25) is 0 Å². The van der Waals surface area contributed by atoms with E-state index in [0.717, 1.165) is 44.9 Å². The SMILES string of the molecule is CCCCCCCCCCCCCCCCCCCCCC(=O)OCCCCCCCCCCC/C=C\C/C=C\CCCCCCCCCCCCCCCCCC(=O)NC(CO)C(O)CCCCCCCCCCCCCCCCCCCC. The number of rotatable bonds is 74. The third-order valence-corrected chi connectivity index (χ3v) is 18.5. The van der Waals surface area contributed by atoms with Crippen molar-refractivity contribution < 1.29 is 24.5 Å². The quantitative estimate of drug-likeness (QED) is 0.0320. The van der Waals surface area contributed by atoms with Crippen LogP contribution in [0.5, 0.6) is 0 Å². The van der Waals surface area contributed by atoms with Crippen LogP contribution >= 0.6 is 0 Å². The highest BCUT2D eigenvalue weighted by Crippen LogP contribution is 2.20. The van der Waals surface area contributed by atoms with Crippen LogP contribution in [0.4, 0.5) is 0 Å². The Kier molecular flexibility index (Phi) is 73.3. The van der Waals surface area contributed by atoms with Gasteiger partial charge in [-0.3, -0.25) is 9.59 Å². The molecule has 85 heavy (non-hydrogen) atoms. The lowest BCUT2D eigenvalue weighted by Gasteiger charge is -2.22. The van der Waals surface area contributed by atoms with Gasteiger partial charge in [-0.15, -0.1) is 0 Å². The first-order valence-corrected chi connectivity index (χ1v) is 39.1. The van der Waals surface area contributed by atoms with E-state index in [0.29, 0.717) is 25.9 Å². The van der Waals surface area contributed by atoms with Crippen molar-refractivity contribution in [2.24, 2.45) is 0 Å². The number of esters is 1. The second-order valence-electron chi connectivity index (χ2n) is 27.0. The van der Waals surface area contributed by atoms with Crippen LogP contribution in [0, 0.1) is 0 Å². The van der Waals surface area contributed by atoms with Gasteiger partial charge in [0.15, 0.2) is 0 Å². The molecule has 0 aromatic rings. The average Bonchev–Trinajstić information content (AvgIpc) is 3.51. The number of hydrogen-bond acceptors (Lipinski definition) is 5. The number of carbonyl (C=O) groups excluding carboxylic acids is 2. The Hall–Kier alpha value is -1.66. The number of aliphatic hydroxyl groups excluding tert-OH is 2. The molecule has 0 spiro atoms. The molecule has 2 unspecified atom stereocenters. The Morgan fingerprint density at radius 1 is 0.329 bits per heavy atom. The Morgan fingerprint density at radius 2 is 0.588 bits per heavy atom. The second-order valence-corrected chi connectivity index (χ2v) is 27.0. The monoisotopic (exact) mass is 1200 g/mol. The first kappa shape index (κ1) is 83.3. The maximum Gasteiger partial charge on any atom is 0.305 e. The van der Waals surface area contributed by atoms with E-state index in [1.807, 2.05) is 0 Å². The summed E-state index contributed by atoms with van der Waals surface area (Å²) in [6.45, 7) is 5.00. The summed E-state index contributed by atoms with van der Waals surface area (Å²) in [6.07, 6.45) is 95.5. The molecule has 0 bridgehead atoms. The molecule has 0 aliphatic heterocycles. The predicted molar refractivity (Wildman–Crippen MR) is 375 cm³/mol. The predicted octanol–water partition coefficient (Wildman–Crippen LogP) is 25.7. The van der Waals surface area contributed by atoms with E-state index < -0.39 is 12.1 Å². The van der Waals surface area contributed by atoms with Gasteiger partial charge in [0.05, 0.1) is 25.4 Å². The summed E-state index contributed by atoms with van der Waals surface area (Å²) in [4.78, 5) is 24.7. The second kappa shape index (κ2) is 74.8. The molecule has 0 radical (unpaired) electrons. The molecule has 0 saturated carbocycles. The molecule has 0 aliphatic carbocycles. The number of ether oxygens (including phenoxy) is 1. The molecule has 0 fully saturated rings. The Bertz CT molecular complexity index is 1330. The molecule has 0 aliphatic rings. The number of amides is 1. The fourth-order valence-electron chi connectivity index (χ4n) is 12.6. The molecule has 6 nitrogen and oxygen atoms in total. The van der Waals surface area contributed by atoms with E-state index in [-0.39, 0.29) is 18.5 Å². The maximum absolute atomic E-state index is 12.5. The van der Waals surface area contributed by atoms with Crippen LogP contribution in [0.3, 0.4) is 0 Å². The van der Waals surface area contributed by atoms with E-state index in [2.05, 4.69) is 43.5 Å². The largest absolute Gasteiger partial charge is 0.466 e. The molecular weight excluding hydrogens is 1040 g/mol. The van der Waals surface area contributed by atoms with Crippen LogP contribution < -0.4 is 5.32 Å². The zero-order valence-corrected chi connectivity index (χ0v) is 57.9. The van der Waals surface area contributed by atoms with E-state index in [1.165, 1.54) is 366 Å². The number of hydrogen-bond donors (Lipinski definition) is 3. The topological polar surface area (TPSA) is 95.9 Å². The highest BCUT2D eigenvalue weighted by molar-refractivity contribution is 5.76. The minimum Gasteiger partial charge on any atom is -0.466 e. The minimum absolute atomic E-state index is 0.0190. The molecule has 1 amide bonds. The molecule has 3 N–H and O–H groups in total. The number of unbranched alkanes of at least 4 members (excludes halogenated alkanes) is 59. The van der Waals surface area contributed by atoms with Crippen molar-refractivity contribution in [1.82, 2.24) is 5.32 Å². The van der Waals surface area contributed by atoms with Crippen LogP contribution in [0.1, 0.15) is 444 Å². The summed E-state index contributed by atoms with van der Waals surface area (Å²) < 4.78 is 5.51. The summed E-state index contributed by atoms with van der Waals surface area (Å²) in [7, 11) is 0. The van der Waals surface area contributed by atoms with Crippen LogP contribution in [-0.2, 0) is 14.3 Å². The van der Waals surface area contributed by atoms with Crippen LogP contribution in [-0.4, -0.2) is 47.4 Å². The summed E-state index contributed by atoms with van der Waals surface area (Å²) in [5.74, 6) is -0.0110. The van der Waals surface area contributed by atoms with E-state index in [1.54, 1.807) is 0 Å². The number of aliphatic hydroxyl groups is 2. The minimum atomic E-state index is -0.664. The fourth-order valence-corrected chi connectivity index (χ4v) is 12.6. The van der Waals surface area contributed by atoms with Crippen molar-refractivity contribution in [2.75, 3.05) is 13.2 Å². The normalized spacial score (nSPS) is 12.6. The van der Waals surface area contributed by atoms with Crippen LogP contribution in [0.15, 0.2) is 24.3 Å². The van der Waals surface area contributed by atoms with Gasteiger partial charge in [-0.25, -0.2) is 0 Å². The van der Waals surface area contributed by atoms with Gasteiger partial charge in [-0.1, -0.05) is 398 Å². The lowest BCUT2D eigenvalue weighted by Crippen LogP contribution is -2.45. The van der Waals surface area contributed by atoms with Gasteiger partial charge in [-0.2, -0.15) is 0 Å². The van der Waals surface area contributed by atoms with E-state index >= 15 is 0 Å². The molecule has 2 atom stereocenters. The van der Waals surface area contributed by atoms with Gasteiger partial charge in [0, 0.05) is 12.8 Å². The molecule has 6 heteroatoms. The van der Waals surface area contributed by atoms with Gasteiger partial charge in [0.1, 0.15) is 0 Å². The maximum atomic E-state index is 12.5. The lowest BCUT2D eigenvalue weighted by atomic mass is 10.0.